The van der Waals surface area contributed by atoms with Gasteiger partial charge < -0.3 is 5.32 Å². The topological polar surface area (TPSA) is 29.1 Å². The van der Waals surface area contributed by atoms with Gasteiger partial charge in [0.25, 0.3) is 0 Å². The maximum absolute atomic E-state index is 13.1. The number of hydrogen-bond acceptors (Lipinski definition) is 1. The molecule has 0 saturated heterocycles. The first-order valence-corrected chi connectivity index (χ1v) is 8.20. The van der Waals surface area contributed by atoms with Crippen LogP contribution in [0, 0.1) is 5.92 Å². The van der Waals surface area contributed by atoms with Crippen molar-refractivity contribution in [3.8, 4) is 0 Å². The Morgan fingerprint density at radius 2 is 1.65 bits per heavy atom. The smallest absolute Gasteiger partial charge is 0.235 e. The molecule has 3 rings (SSSR count). The zero-order valence-electron chi connectivity index (χ0n) is 13.9. The zero-order valence-corrected chi connectivity index (χ0v) is 13.9. The van der Waals surface area contributed by atoms with Crippen LogP contribution >= 0.6 is 0 Å². The average Bonchev–Trinajstić information content (AvgIpc) is 3.21. The zero-order chi connectivity index (χ0) is 16.4. The molecule has 2 heteroatoms. The van der Waals surface area contributed by atoms with Gasteiger partial charge in [0.05, 0.1) is 6.04 Å². The lowest BCUT2D eigenvalue weighted by molar-refractivity contribution is -0.124. The third kappa shape index (κ3) is 2.48. The Bertz CT molecular complexity index is 720. The van der Waals surface area contributed by atoms with Crippen LogP contribution in [0.25, 0.3) is 0 Å². The van der Waals surface area contributed by atoms with Crippen molar-refractivity contribution in [2.24, 2.45) is 5.92 Å². The molecule has 1 saturated carbocycles. The van der Waals surface area contributed by atoms with Crippen molar-refractivity contribution in [3.05, 3.63) is 83.4 Å². The van der Waals surface area contributed by atoms with Crippen LogP contribution in [0.5, 0.6) is 0 Å². The predicted octanol–water partition coefficient (Wildman–Crippen LogP) is 4.40. The quantitative estimate of drug-likeness (QED) is 0.834. The van der Waals surface area contributed by atoms with E-state index in [0.717, 1.165) is 11.1 Å². The highest BCUT2D eigenvalue weighted by atomic mass is 16.2. The van der Waals surface area contributed by atoms with Gasteiger partial charge in [0.2, 0.25) is 5.91 Å². The van der Waals surface area contributed by atoms with Crippen LogP contribution < -0.4 is 5.32 Å². The minimum absolute atomic E-state index is 0.00445. The molecule has 2 nitrogen and oxygen atoms in total. The van der Waals surface area contributed by atoms with E-state index in [0.29, 0.717) is 0 Å². The molecule has 0 aliphatic heterocycles. The summed E-state index contributed by atoms with van der Waals surface area (Å²) < 4.78 is 0. The largest absolute Gasteiger partial charge is 0.349 e. The fourth-order valence-electron chi connectivity index (χ4n) is 3.70. The Morgan fingerprint density at radius 3 is 2.17 bits per heavy atom. The second-order valence-electron chi connectivity index (χ2n) is 6.25. The molecule has 0 unspecified atom stereocenters. The molecule has 3 atom stereocenters. The molecular weight excluding hydrogens is 282 g/mol. The monoisotopic (exact) mass is 305 g/mol. The average molecular weight is 305 g/mol. The summed E-state index contributed by atoms with van der Waals surface area (Å²) in [7, 11) is 0. The molecular formula is C21H23NO. The number of allylic oxidation sites excluding steroid dienone is 1. The van der Waals surface area contributed by atoms with Crippen LogP contribution in [0.1, 0.15) is 37.9 Å². The van der Waals surface area contributed by atoms with E-state index >= 15 is 0 Å². The van der Waals surface area contributed by atoms with Crippen LogP contribution in [-0.2, 0) is 10.2 Å². The van der Waals surface area contributed by atoms with E-state index in [1.165, 1.54) is 5.57 Å². The van der Waals surface area contributed by atoms with Crippen LogP contribution in [0.15, 0.2) is 72.3 Å². The van der Waals surface area contributed by atoms with E-state index in [-0.39, 0.29) is 17.9 Å². The van der Waals surface area contributed by atoms with Gasteiger partial charge in [-0.15, -0.1) is 0 Å². The molecule has 23 heavy (non-hydrogen) atoms. The molecule has 1 fully saturated rings. The van der Waals surface area contributed by atoms with E-state index in [4.69, 9.17) is 0 Å². The Balaban J connectivity index is 1.89. The number of carbonyl (C=O) groups excluding carboxylic acids is 1. The fourth-order valence-corrected chi connectivity index (χ4v) is 3.70. The number of carbonyl (C=O) groups is 1. The Labute approximate surface area is 138 Å². The Morgan fingerprint density at radius 1 is 1.09 bits per heavy atom. The van der Waals surface area contributed by atoms with Crippen molar-refractivity contribution in [3.63, 3.8) is 0 Å². The Hall–Kier alpha value is -2.35. The number of amides is 1. The Kier molecular flexibility index (Phi) is 4.08. The number of rotatable bonds is 4. The van der Waals surface area contributed by atoms with Gasteiger partial charge in [0, 0.05) is 5.92 Å². The van der Waals surface area contributed by atoms with Crippen LogP contribution in [-0.4, -0.2) is 5.91 Å². The van der Waals surface area contributed by atoms with Crippen LogP contribution in [0.4, 0.5) is 0 Å². The lowest BCUT2D eigenvalue weighted by Crippen LogP contribution is -2.37. The minimum Gasteiger partial charge on any atom is -0.349 e. The normalized spacial score (nSPS) is 25.9. The molecule has 2 aromatic carbocycles. The molecule has 0 heterocycles. The predicted molar refractivity (Wildman–Crippen MR) is 94.0 cm³/mol. The summed E-state index contributed by atoms with van der Waals surface area (Å²) in [6.45, 7) is 6.19. The van der Waals surface area contributed by atoms with Crippen molar-refractivity contribution < 1.29 is 4.79 Å². The standard InChI is InChI=1S/C21H23NO/c1-4-19-15(2)21(19,18-13-9-6-10-14-18)20(23)22-16(3)17-11-7-5-8-12-17/h4-16H,1-3H3,(H,22,23)/b19-4-/t15-,16-,21+/m0/s1. The summed E-state index contributed by atoms with van der Waals surface area (Å²) in [6, 6.07) is 20.2. The van der Waals surface area contributed by atoms with Crippen molar-refractivity contribution >= 4 is 5.91 Å². The number of nitrogens with one attached hydrogen (secondary N) is 1. The SMILES string of the molecule is C/C=C1/[C@H](C)[C@@]1(C(=O)N[C@@H](C)c1ccccc1)c1ccccc1. The van der Waals surface area contributed by atoms with Crippen molar-refractivity contribution in [2.45, 2.75) is 32.2 Å². The van der Waals surface area contributed by atoms with Crippen molar-refractivity contribution in [2.75, 3.05) is 0 Å². The first kappa shape index (κ1) is 15.5. The van der Waals surface area contributed by atoms with E-state index in [2.05, 4.69) is 30.4 Å². The molecule has 118 valence electrons. The summed E-state index contributed by atoms with van der Waals surface area (Å²) >= 11 is 0. The first-order chi connectivity index (χ1) is 11.1. The highest BCUT2D eigenvalue weighted by molar-refractivity contribution is 5.98. The number of benzene rings is 2. The van der Waals surface area contributed by atoms with Gasteiger partial charge in [-0.2, -0.15) is 0 Å². The van der Waals surface area contributed by atoms with Crippen molar-refractivity contribution in [1.82, 2.24) is 5.32 Å². The van der Waals surface area contributed by atoms with Gasteiger partial charge in [-0.05, 0) is 30.5 Å². The summed E-state index contributed by atoms with van der Waals surface area (Å²) in [5.74, 6) is 0.346. The maximum Gasteiger partial charge on any atom is 0.235 e. The van der Waals surface area contributed by atoms with Gasteiger partial charge in [0.1, 0.15) is 5.41 Å². The second kappa shape index (κ2) is 6.04. The maximum atomic E-state index is 13.1. The summed E-state index contributed by atoms with van der Waals surface area (Å²) in [6.07, 6.45) is 2.09. The second-order valence-corrected chi connectivity index (χ2v) is 6.25. The third-order valence-electron chi connectivity index (χ3n) is 5.03. The van der Waals surface area contributed by atoms with Gasteiger partial charge in [0.15, 0.2) is 0 Å². The van der Waals surface area contributed by atoms with E-state index < -0.39 is 5.41 Å². The van der Waals surface area contributed by atoms with Gasteiger partial charge in [-0.25, -0.2) is 0 Å². The number of hydrogen-bond donors (Lipinski definition) is 1. The van der Waals surface area contributed by atoms with E-state index in [9.17, 15) is 4.79 Å². The van der Waals surface area contributed by atoms with E-state index in [1.54, 1.807) is 0 Å². The van der Waals surface area contributed by atoms with Crippen LogP contribution in [0.3, 0.4) is 0 Å². The molecule has 1 aliphatic carbocycles. The summed E-state index contributed by atoms with van der Waals surface area (Å²) in [5.41, 5.74) is 2.91. The van der Waals surface area contributed by atoms with Gasteiger partial charge >= 0.3 is 0 Å². The van der Waals surface area contributed by atoms with Gasteiger partial charge in [-0.1, -0.05) is 73.7 Å². The minimum atomic E-state index is -0.501. The van der Waals surface area contributed by atoms with E-state index in [1.807, 2.05) is 62.4 Å². The molecule has 0 spiro atoms. The lowest BCUT2D eigenvalue weighted by Gasteiger charge is -2.21. The molecule has 0 radical (unpaired) electrons. The summed E-state index contributed by atoms with van der Waals surface area (Å²) in [5, 5.41) is 3.21. The molecule has 0 aromatic heterocycles. The highest BCUT2D eigenvalue weighted by Crippen LogP contribution is 2.59. The molecule has 1 amide bonds. The molecule has 0 bridgehead atoms. The van der Waals surface area contributed by atoms with Crippen LogP contribution in [0.2, 0.25) is 0 Å². The third-order valence-corrected chi connectivity index (χ3v) is 5.03. The fraction of sp³-hybridized carbons (Fsp3) is 0.286. The summed E-state index contributed by atoms with van der Waals surface area (Å²) in [4.78, 5) is 13.1. The lowest BCUT2D eigenvalue weighted by atomic mass is 9.91. The molecule has 1 N–H and O–H groups in total. The molecule has 2 aromatic rings. The van der Waals surface area contributed by atoms with Crippen molar-refractivity contribution in [1.29, 1.82) is 0 Å². The highest BCUT2D eigenvalue weighted by Gasteiger charge is 2.63. The molecule has 1 aliphatic rings. The van der Waals surface area contributed by atoms with Gasteiger partial charge in [-0.3, -0.25) is 4.79 Å². The first-order valence-electron chi connectivity index (χ1n) is 8.20.